The van der Waals surface area contributed by atoms with E-state index in [4.69, 9.17) is 18.0 Å². The van der Waals surface area contributed by atoms with Gasteiger partial charge in [0.2, 0.25) is 0 Å². The quantitative estimate of drug-likeness (QED) is 0.501. The molecule has 0 fully saturated rings. The minimum absolute atomic E-state index is 0.332. The Balaban J connectivity index is 3.67. The molecule has 4 heteroatoms. The third-order valence-corrected chi connectivity index (χ3v) is 3.82. The normalized spacial score (nSPS) is 13.1. The maximum Gasteiger partial charge on any atom is 0.0768 e. The van der Waals surface area contributed by atoms with Crippen molar-refractivity contribution in [3.05, 3.63) is 0 Å². The van der Waals surface area contributed by atoms with Gasteiger partial charge in [-0.2, -0.15) is 11.8 Å². The van der Waals surface area contributed by atoms with Gasteiger partial charge in [-0.05, 0) is 31.0 Å². The van der Waals surface area contributed by atoms with E-state index in [0.29, 0.717) is 10.9 Å². The second kappa shape index (κ2) is 9.43. The van der Waals surface area contributed by atoms with Crippen LogP contribution in [0.2, 0.25) is 0 Å². The summed E-state index contributed by atoms with van der Waals surface area (Å²) in [5, 5.41) is 0. The third-order valence-electron chi connectivity index (χ3n) is 2.43. The fourth-order valence-corrected chi connectivity index (χ4v) is 2.09. The van der Waals surface area contributed by atoms with Gasteiger partial charge >= 0.3 is 0 Å². The van der Waals surface area contributed by atoms with E-state index in [2.05, 4.69) is 25.7 Å². The van der Waals surface area contributed by atoms with Crippen molar-refractivity contribution >= 4 is 29.0 Å². The van der Waals surface area contributed by atoms with E-state index in [-0.39, 0.29) is 0 Å². The summed E-state index contributed by atoms with van der Waals surface area (Å²) in [7, 11) is 0. The molecule has 0 amide bonds. The van der Waals surface area contributed by atoms with Gasteiger partial charge in [-0.3, -0.25) is 0 Å². The fraction of sp³-hybridized carbons (Fsp3) is 0.909. The zero-order valence-corrected chi connectivity index (χ0v) is 11.8. The van der Waals surface area contributed by atoms with Crippen LogP contribution in [0.25, 0.3) is 0 Å². The molecule has 0 saturated carbocycles. The molecule has 0 aromatic rings. The Hall–Kier alpha value is 0.200. The number of hydrogen-bond donors (Lipinski definition) is 1. The van der Waals surface area contributed by atoms with E-state index < -0.39 is 0 Å². The molecule has 0 bridgehead atoms. The Morgan fingerprint density at radius 3 is 2.60 bits per heavy atom. The van der Waals surface area contributed by atoms with Crippen LogP contribution in [0.3, 0.4) is 0 Å². The highest BCUT2D eigenvalue weighted by Gasteiger charge is 2.10. The topological polar surface area (TPSA) is 29.3 Å². The van der Waals surface area contributed by atoms with Gasteiger partial charge in [-0.15, -0.1) is 0 Å². The first kappa shape index (κ1) is 15.2. The predicted molar refractivity (Wildman–Crippen MR) is 75.7 cm³/mol. The first-order valence-corrected chi connectivity index (χ1v) is 7.27. The standard InChI is InChI=1S/C11H24N2S2/c1-4-13(7-6-8-15-5-2)9-10(3)11(12)14/h10H,4-9H2,1-3H3,(H2,12,14). The molecular weight excluding hydrogens is 224 g/mol. The van der Waals surface area contributed by atoms with Crippen LogP contribution in [0.15, 0.2) is 0 Å². The van der Waals surface area contributed by atoms with Crippen LogP contribution in [-0.4, -0.2) is 41.0 Å². The molecule has 0 aliphatic heterocycles. The first-order valence-electron chi connectivity index (χ1n) is 5.71. The molecule has 0 radical (unpaired) electrons. The van der Waals surface area contributed by atoms with E-state index in [1.54, 1.807) is 0 Å². The lowest BCUT2D eigenvalue weighted by molar-refractivity contribution is 0.273. The summed E-state index contributed by atoms with van der Waals surface area (Å²) in [6, 6.07) is 0. The number of thiocarbonyl (C=S) groups is 1. The zero-order chi connectivity index (χ0) is 11.7. The van der Waals surface area contributed by atoms with E-state index in [9.17, 15) is 0 Å². The molecule has 2 nitrogen and oxygen atoms in total. The molecule has 0 spiro atoms. The van der Waals surface area contributed by atoms with Crippen molar-refractivity contribution in [1.29, 1.82) is 0 Å². The molecule has 1 unspecified atom stereocenters. The van der Waals surface area contributed by atoms with Gasteiger partial charge in [0.25, 0.3) is 0 Å². The molecule has 0 aromatic carbocycles. The van der Waals surface area contributed by atoms with Crippen molar-refractivity contribution in [3.8, 4) is 0 Å². The maximum atomic E-state index is 5.62. The molecule has 0 aliphatic carbocycles. The number of rotatable bonds is 9. The van der Waals surface area contributed by atoms with Crippen LogP contribution in [0.5, 0.6) is 0 Å². The molecule has 0 aliphatic rings. The monoisotopic (exact) mass is 248 g/mol. The summed E-state index contributed by atoms with van der Waals surface area (Å²) in [5.74, 6) is 2.81. The summed E-state index contributed by atoms with van der Waals surface area (Å²) in [6.07, 6.45) is 1.26. The second-order valence-electron chi connectivity index (χ2n) is 3.75. The Morgan fingerprint density at radius 1 is 1.47 bits per heavy atom. The zero-order valence-electron chi connectivity index (χ0n) is 10.2. The lowest BCUT2D eigenvalue weighted by atomic mass is 10.1. The lowest BCUT2D eigenvalue weighted by Crippen LogP contribution is -2.34. The van der Waals surface area contributed by atoms with Gasteiger partial charge in [0.15, 0.2) is 0 Å². The molecule has 1 atom stereocenters. The summed E-state index contributed by atoms with van der Waals surface area (Å²) < 4.78 is 0. The molecule has 0 rings (SSSR count). The predicted octanol–water partition coefficient (Wildman–Crippen LogP) is 2.37. The Morgan fingerprint density at radius 2 is 2.13 bits per heavy atom. The molecule has 2 N–H and O–H groups in total. The summed E-state index contributed by atoms with van der Waals surface area (Å²) in [6.45, 7) is 9.76. The summed E-state index contributed by atoms with van der Waals surface area (Å²) in [4.78, 5) is 3.07. The summed E-state index contributed by atoms with van der Waals surface area (Å²) >= 11 is 6.99. The van der Waals surface area contributed by atoms with Crippen molar-refractivity contribution in [3.63, 3.8) is 0 Å². The summed E-state index contributed by atoms with van der Waals surface area (Å²) in [5.41, 5.74) is 5.62. The minimum Gasteiger partial charge on any atom is -0.393 e. The van der Waals surface area contributed by atoms with E-state index in [0.717, 1.165) is 19.6 Å². The number of nitrogens with zero attached hydrogens (tertiary/aromatic N) is 1. The van der Waals surface area contributed by atoms with E-state index in [1.807, 2.05) is 11.8 Å². The van der Waals surface area contributed by atoms with Crippen molar-refractivity contribution in [2.24, 2.45) is 11.7 Å². The van der Waals surface area contributed by atoms with Gasteiger partial charge in [0.05, 0.1) is 4.99 Å². The molecule has 15 heavy (non-hydrogen) atoms. The molecule has 90 valence electrons. The van der Waals surface area contributed by atoms with Gasteiger partial charge in [0.1, 0.15) is 0 Å². The maximum absolute atomic E-state index is 5.62. The molecule has 0 heterocycles. The largest absolute Gasteiger partial charge is 0.393 e. The average Bonchev–Trinajstić information content (AvgIpc) is 2.22. The Bertz CT molecular complexity index is 174. The highest BCUT2D eigenvalue weighted by atomic mass is 32.2. The van der Waals surface area contributed by atoms with Gasteiger partial charge in [0, 0.05) is 12.5 Å². The van der Waals surface area contributed by atoms with Crippen LogP contribution in [0, 0.1) is 5.92 Å². The van der Waals surface area contributed by atoms with E-state index in [1.165, 1.54) is 17.9 Å². The first-order chi connectivity index (χ1) is 7.11. The number of hydrogen-bond acceptors (Lipinski definition) is 3. The molecule has 0 aromatic heterocycles. The molecular formula is C11H24N2S2. The second-order valence-corrected chi connectivity index (χ2v) is 5.61. The average molecular weight is 248 g/mol. The highest BCUT2D eigenvalue weighted by molar-refractivity contribution is 7.99. The number of nitrogens with two attached hydrogens (primary N) is 1. The smallest absolute Gasteiger partial charge is 0.0768 e. The van der Waals surface area contributed by atoms with Crippen LogP contribution < -0.4 is 5.73 Å². The van der Waals surface area contributed by atoms with Crippen molar-refractivity contribution in [2.75, 3.05) is 31.1 Å². The highest BCUT2D eigenvalue weighted by Crippen LogP contribution is 2.05. The van der Waals surface area contributed by atoms with Crippen LogP contribution in [0.1, 0.15) is 27.2 Å². The Labute approximate surface area is 104 Å². The molecule has 0 saturated heterocycles. The van der Waals surface area contributed by atoms with Crippen molar-refractivity contribution < 1.29 is 0 Å². The van der Waals surface area contributed by atoms with Crippen molar-refractivity contribution in [1.82, 2.24) is 4.90 Å². The van der Waals surface area contributed by atoms with Gasteiger partial charge in [-0.25, -0.2) is 0 Å². The SMILES string of the molecule is CCSCCCN(CC)CC(C)C(N)=S. The fourth-order valence-electron chi connectivity index (χ4n) is 1.39. The lowest BCUT2D eigenvalue weighted by Gasteiger charge is -2.23. The van der Waals surface area contributed by atoms with Crippen LogP contribution in [0.4, 0.5) is 0 Å². The van der Waals surface area contributed by atoms with Gasteiger partial charge < -0.3 is 10.6 Å². The van der Waals surface area contributed by atoms with Crippen LogP contribution >= 0.6 is 24.0 Å². The van der Waals surface area contributed by atoms with Crippen molar-refractivity contribution in [2.45, 2.75) is 27.2 Å². The minimum atomic E-state index is 0.332. The third kappa shape index (κ3) is 8.05. The van der Waals surface area contributed by atoms with Gasteiger partial charge in [-0.1, -0.05) is 33.0 Å². The Kier molecular flexibility index (Phi) is 9.55. The number of thioether (sulfide) groups is 1. The van der Waals surface area contributed by atoms with E-state index >= 15 is 0 Å². The van der Waals surface area contributed by atoms with Crippen LogP contribution in [-0.2, 0) is 0 Å².